The van der Waals surface area contributed by atoms with E-state index in [4.69, 9.17) is 9.47 Å². The van der Waals surface area contributed by atoms with Crippen molar-refractivity contribution >= 4 is 11.9 Å². The molecule has 1 unspecified atom stereocenters. The summed E-state index contributed by atoms with van der Waals surface area (Å²) in [5, 5.41) is 0. The van der Waals surface area contributed by atoms with E-state index in [1.807, 2.05) is 0 Å². The van der Waals surface area contributed by atoms with Gasteiger partial charge in [-0.3, -0.25) is 4.79 Å². The second-order valence-electron chi connectivity index (χ2n) is 4.54. The lowest BCUT2D eigenvalue weighted by atomic mass is 9.79. The number of carbonyl (C=O) groups is 2. The minimum Gasteiger partial charge on any atom is -0.468 e. The van der Waals surface area contributed by atoms with Gasteiger partial charge in [0.15, 0.2) is 0 Å². The first-order chi connectivity index (χ1) is 7.59. The summed E-state index contributed by atoms with van der Waals surface area (Å²) in [5.74, 6) is -1.06. The molecule has 1 saturated carbocycles. The minimum absolute atomic E-state index is 0.303. The van der Waals surface area contributed by atoms with E-state index >= 15 is 0 Å². The first-order valence-corrected chi connectivity index (χ1v) is 5.58. The molecule has 1 aliphatic carbocycles. The van der Waals surface area contributed by atoms with Crippen LogP contribution in [0.25, 0.3) is 0 Å². The zero-order valence-electron chi connectivity index (χ0n) is 9.62. The van der Waals surface area contributed by atoms with Gasteiger partial charge in [-0.2, -0.15) is 0 Å². The molecule has 1 aliphatic heterocycles. The van der Waals surface area contributed by atoms with Gasteiger partial charge in [0, 0.05) is 6.08 Å². The zero-order valence-corrected chi connectivity index (χ0v) is 9.62. The number of esters is 2. The van der Waals surface area contributed by atoms with Crippen LogP contribution in [0.1, 0.15) is 32.6 Å². The molecule has 1 atom stereocenters. The lowest BCUT2D eigenvalue weighted by Crippen LogP contribution is -2.47. The average Bonchev–Trinajstić information content (AvgIpc) is 2.65. The predicted molar refractivity (Wildman–Crippen MR) is 56.6 cm³/mol. The third kappa shape index (κ3) is 1.62. The number of ether oxygens (including phenoxy) is 2. The van der Waals surface area contributed by atoms with Gasteiger partial charge in [-0.05, 0) is 38.2 Å². The molecule has 0 amide bonds. The molecule has 0 saturated heterocycles. The van der Waals surface area contributed by atoms with Gasteiger partial charge >= 0.3 is 11.9 Å². The summed E-state index contributed by atoms with van der Waals surface area (Å²) in [7, 11) is 1.37. The van der Waals surface area contributed by atoms with Crippen LogP contribution < -0.4 is 0 Å². The van der Waals surface area contributed by atoms with Gasteiger partial charge in [-0.25, -0.2) is 4.79 Å². The van der Waals surface area contributed by atoms with Crippen LogP contribution in [0.15, 0.2) is 11.6 Å². The summed E-state index contributed by atoms with van der Waals surface area (Å²) in [5.41, 5.74) is 0.119. The van der Waals surface area contributed by atoms with Crippen molar-refractivity contribution in [3.05, 3.63) is 11.6 Å². The van der Waals surface area contributed by atoms with E-state index in [1.165, 1.54) is 13.2 Å². The van der Waals surface area contributed by atoms with Crippen molar-refractivity contribution in [2.45, 2.75) is 38.2 Å². The van der Waals surface area contributed by atoms with Crippen molar-refractivity contribution in [1.82, 2.24) is 0 Å². The Morgan fingerprint density at radius 2 is 2.12 bits per heavy atom. The summed E-state index contributed by atoms with van der Waals surface area (Å²) in [6, 6.07) is 0. The molecule has 1 fully saturated rings. The second kappa shape index (κ2) is 3.92. The van der Waals surface area contributed by atoms with E-state index in [9.17, 15) is 9.59 Å². The highest BCUT2D eigenvalue weighted by Gasteiger charge is 2.51. The maximum absolute atomic E-state index is 11.8. The van der Waals surface area contributed by atoms with Gasteiger partial charge in [0.1, 0.15) is 11.5 Å². The first-order valence-electron chi connectivity index (χ1n) is 5.58. The van der Waals surface area contributed by atoms with Gasteiger partial charge < -0.3 is 9.47 Å². The Hall–Kier alpha value is -1.32. The zero-order chi connectivity index (χ0) is 11.8. The molecule has 1 spiro atoms. The Balaban J connectivity index is 2.38. The maximum Gasteiger partial charge on any atom is 0.331 e. The normalized spacial score (nSPS) is 27.5. The molecule has 0 bridgehead atoms. The van der Waals surface area contributed by atoms with Gasteiger partial charge in [0.05, 0.1) is 7.11 Å². The molecule has 2 aliphatic rings. The summed E-state index contributed by atoms with van der Waals surface area (Å²) < 4.78 is 10.2. The molecular weight excluding hydrogens is 208 g/mol. The van der Waals surface area contributed by atoms with Gasteiger partial charge in [0.2, 0.25) is 0 Å². The highest BCUT2D eigenvalue weighted by Crippen LogP contribution is 2.45. The van der Waals surface area contributed by atoms with Crippen molar-refractivity contribution in [1.29, 1.82) is 0 Å². The number of hydrogen-bond donors (Lipinski definition) is 0. The second-order valence-corrected chi connectivity index (χ2v) is 4.54. The summed E-state index contributed by atoms with van der Waals surface area (Å²) >= 11 is 0. The van der Waals surface area contributed by atoms with Crippen LogP contribution in [-0.4, -0.2) is 24.6 Å². The van der Waals surface area contributed by atoms with E-state index in [0.29, 0.717) is 0 Å². The summed E-state index contributed by atoms with van der Waals surface area (Å²) in [6.45, 7) is 1.79. The van der Waals surface area contributed by atoms with E-state index in [1.54, 1.807) is 6.92 Å². The third-order valence-corrected chi connectivity index (χ3v) is 3.52. The Bertz CT molecular complexity index is 350. The monoisotopic (exact) mass is 224 g/mol. The molecule has 0 aromatic heterocycles. The van der Waals surface area contributed by atoms with Crippen LogP contribution in [0.4, 0.5) is 0 Å². The van der Waals surface area contributed by atoms with Crippen LogP contribution in [0, 0.1) is 5.92 Å². The van der Waals surface area contributed by atoms with E-state index in [-0.39, 0.29) is 11.9 Å². The number of carbonyl (C=O) groups excluding carboxylic acids is 2. The van der Waals surface area contributed by atoms with E-state index in [2.05, 4.69) is 0 Å². The fraction of sp³-hybridized carbons (Fsp3) is 0.667. The van der Waals surface area contributed by atoms with Crippen molar-refractivity contribution in [3.63, 3.8) is 0 Å². The molecule has 0 radical (unpaired) electrons. The van der Waals surface area contributed by atoms with Crippen molar-refractivity contribution < 1.29 is 19.1 Å². The molecule has 0 N–H and O–H groups in total. The lowest BCUT2D eigenvalue weighted by molar-refractivity contribution is -0.170. The van der Waals surface area contributed by atoms with Crippen molar-refractivity contribution in [3.8, 4) is 0 Å². The molecular formula is C12H16O4. The highest BCUT2D eigenvalue weighted by molar-refractivity contribution is 5.89. The van der Waals surface area contributed by atoms with Gasteiger partial charge in [-0.1, -0.05) is 0 Å². The van der Waals surface area contributed by atoms with Gasteiger partial charge in [0.25, 0.3) is 0 Å². The number of rotatable bonds is 1. The van der Waals surface area contributed by atoms with Crippen LogP contribution in [0.3, 0.4) is 0 Å². The quantitative estimate of drug-likeness (QED) is 0.635. The van der Waals surface area contributed by atoms with Crippen LogP contribution >= 0.6 is 0 Å². The smallest absolute Gasteiger partial charge is 0.331 e. The number of hydrogen-bond acceptors (Lipinski definition) is 4. The molecule has 16 heavy (non-hydrogen) atoms. The van der Waals surface area contributed by atoms with Crippen LogP contribution in [-0.2, 0) is 19.1 Å². The minimum atomic E-state index is -0.636. The molecule has 4 nitrogen and oxygen atoms in total. The van der Waals surface area contributed by atoms with Gasteiger partial charge in [-0.15, -0.1) is 0 Å². The summed E-state index contributed by atoms with van der Waals surface area (Å²) in [6.07, 6.45) is 4.89. The summed E-state index contributed by atoms with van der Waals surface area (Å²) in [4.78, 5) is 23.2. The Labute approximate surface area is 94.6 Å². The molecule has 2 rings (SSSR count). The van der Waals surface area contributed by atoms with Crippen molar-refractivity contribution in [2.24, 2.45) is 5.92 Å². The standard InChI is InChI=1S/C12H16O4/c1-8-7-9(13)16-12(5-3-4-6-12)10(8)11(14)15-2/h7,10H,3-6H2,1-2H3. The topological polar surface area (TPSA) is 52.6 Å². The van der Waals surface area contributed by atoms with E-state index in [0.717, 1.165) is 31.3 Å². The molecule has 0 aromatic rings. The largest absolute Gasteiger partial charge is 0.468 e. The first kappa shape index (κ1) is 11.2. The number of methoxy groups -OCH3 is 1. The SMILES string of the molecule is COC(=O)C1C(C)=CC(=O)OC12CCCC2. The Kier molecular flexibility index (Phi) is 2.74. The molecule has 0 aromatic carbocycles. The highest BCUT2D eigenvalue weighted by atomic mass is 16.6. The lowest BCUT2D eigenvalue weighted by Gasteiger charge is -2.38. The molecule has 4 heteroatoms. The fourth-order valence-corrected chi connectivity index (χ4v) is 2.86. The molecule has 88 valence electrons. The fourth-order valence-electron chi connectivity index (χ4n) is 2.86. The third-order valence-electron chi connectivity index (χ3n) is 3.52. The van der Waals surface area contributed by atoms with Crippen LogP contribution in [0.2, 0.25) is 0 Å². The van der Waals surface area contributed by atoms with Crippen LogP contribution in [0.5, 0.6) is 0 Å². The van der Waals surface area contributed by atoms with Crippen molar-refractivity contribution in [2.75, 3.05) is 7.11 Å². The average molecular weight is 224 g/mol. The molecule has 1 heterocycles. The predicted octanol–water partition coefficient (Wildman–Crippen LogP) is 1.59. The maximum atomic E-state index is 11.8. The van der Waals surface area contributed by atoms with E-state index < -0.39 is 11.5 Å². The Morgan fingerprint density at radius 3 is 2.69 bits per heavy atom. The Morgan fingerprint density at radius 1 is 1.50 bits per heavy atom.